The molecule has 0 bridgehead atoms. The van der Waals surface area contributed by atoms with Crippen molar-refractivity contribution >= 4 is 22.5 Å². The Morgan fingerprint density at radius 3 is 2.08 bits per heavy atom. The number of carbonyl (C=O) groups is 1. The van der Waals surface area contributed by atoms with Crippen LogP contribution in [0.15, 0.2) is 103 Å². The normalized spacial score (nSPS) is 13.8. The summed E-state index contributed by atoms with van der Waals surface area (Å²) in [6.07, 6.45) is 1.93. The molecular weight excluding hydrogens is 446 g/mol. The smallest absolute Gasteiger partial charge is 0.244 e. The summed E-state index contributed by atoms with van der Waals surface area (Å²) in [4.78, 5) is 22.2. The molecule has 1 fully saturated rings. The number of fused-ring (bicyclic) bond motifs is 1. The molecule has 6 heteroatoms. The van der Waals surface area contributed by atoms with Gasteiger partial charge >= 0.3 is 0 Å². The number of aromatic nitrogens is 3. The highest BCUT2D eigenvalue weighted by atomic mass is 16.2. The molecule has 0 saturated carbocycles. The van der Waals surface area contributed by atoms with Gasteiger partial charge in [-0.1, -0.05) is 84.9 Å². The van der Waals surface area contributed by atoms with E-state index in [9.17, 15) is 4.79 Å². The molecular formula is C30H27N5O. The Balaban J connectivity index is 1.18. The van der Waals surface area contributed by atoms with Crippen LogP contribution in [0.25, 0.3) is 33.3 Å². The summed E-state index contributed by atoms with van der Waals surface area (Å²) in [6.45, 7) is 3.07. The molecule has 0 radical (unpaired) electrons. The van der Waals surface area contributed by atoms with E-state index in [0.29, 0.717) is 13.1 Å². The topological polar surface area (TPSA) is 54.3 Å². The second-order valence-electron chi connectivity index (χ2n) is 9.06. The van der Waals surface area contributed by atoms with Gasteiger partial charge in [0.15, 0.2) is 0 Å². The van der Waals surface area contributed by atoms with E-state index in [0.717, 1.165) is 46.8 Å². The van der Waals surface area contributed by atoms with Crippen LogP contribution in [0.1, 0.15) is 0 Å². The molecule has 5 aromatic rings. The number of hydrogen-bond donors (Lipinski definition) is 0. The SMILES string of the molecule is O=C(Cn1nc(-c2ccccc2)cc1-c1ccccc1)N1CCN(c2cc3ccccc3cn2)CC1. The summed E-state index contributed by atoms with van der Waals surface area (Å²) in [7, 11) is 0. The standard InChI is InChI=1S/C30H27N5O/c36-30(34-17-15-33(16-18-34)29-19-25-13-7-8-14-26(25)21-31-29)22-35-28(24-11-5-2-6-12-24)20-27(32-35)23-9-3-1-4-10-23/h1-14,19-21H,15-18,22H2. The maximum atomic E-state index is 13.3. The van der Waals surface area contributed by atoms with Crippen LogP contribution in [-0.2, 0) is 11.3 Å². The number of hydrogen-bond acceptors (Lipinski definition) is 4. The van der Waals surface area contributed by atoms with E-state index in [1.54, 1.807) is 0 Å². The molecule has 0 aliphatic carbocycles. The monoisotopic (exact) mass is 473 g/mol. The molecule has 3 aromatic carbocycles. The molecule has 1 saturated heterocycles. The van der Waals surface area contributed by atoms with E-state index in [1.165, 1.54) is 5.39 Å². The van der Waals surface area contributed by atoms with Crippen LogP contribution in [0.4, 0.5) is 5.82 Å². The number of piperazine rings is 1. The highest BCUT2D eigenvalue weighted by Crippen LogP contribution is 2.26. The first-order valence-electron chi connectivity index (χ1n) is 12.3. The summed E-state index contributed by atoms with van der Waals surface area (Å²) in [5.41, 5.74) is 3.90. The highest BCUT2D eigenvalue weighted by Gasteiger charge is 2.23. The van der Waals surface area contributed by atoms with Crippen molar-refractivity contribution in [2.75, 3.05) is 31.1 Å². The van der Waals surface area contributed by atoms with Crippen molar-refractivity contribution in [2.24, 2.45) is 0 Å². The second kappa shape index (κ2) is 9.66. The van der Waals surface area contributed by atoms with E-state index in [4.69, 9.17) is 5.10 Å². The Morgan fingerprint density at radius 2 is 1.36 bits per heavy atom. The molecule has 0 atom stereocenters. The second-order valence-corrected chi connectivity index (χ2v) is 9.06. The molecule has 36 heavy (non-hydrogen) atoms. The molecule has 2 aromatic heterocycles. The molecule has 1 aliphatic heterocycles. The molecule has 178 valence electrons. The fraction of sp³-hybridized carbons (Fsp3) is 0.167. The maximum Gasteiger partial charge on any atom is 0.244 e. The Kier molecular flexibility index (Phi) is 5.91. The van der Waals surface area contributed by atoms with Crippen molar-refractivity contribution in [2.45, 2.75) is 6.54 Å². The molecule has 6 nitrogen and oxygen atoms in total. The van der Waals surface area contributed by atoms with Gasteiger partial charge in [-0.25, -0.2) is 4.98 Å². The molecule has 0 unspecified atom stereocenters. The van der Waals surface area contributed by atoms with Crippen LogP contribution in [0.2, 0.25) is 0 Å². The maximum absolute atomic E-state index is 13.3. The number of benzene rings is 3. The number of pyridine rings is 1. The third-order valence-electron chi connectivity index (χ3n) is 6.78. The number of rotatable bonds is 5. The van der Waals surface area contributed by atoms with Crippen molar-refractivity contribution in [1.82, 2.24) is 19.7 Å². The summed E-state index contributed by atoms with van der Waals surface area (Å²) in [5, 5.41) is 7.15. The lowest BCUT2D eigenvalue weighted by Gasteiger charge is -2.35. The zero-order chi connectivity index (χ0) is 24.3. The van der Waals surface area contributed by atoms with Crippen LogP contribution < -0.4 is 4.90 Å². The fourth-order valence-corrected chi connectivity index (χ4v) is 4.79. The van der Waals surface area contributed by atoms with Gasteiger partial charge in [0.1, 0.15) is 12.4 Å². The van der Waals surface area contributed by atoms with Crippen LogP contribution in [0.5, 0.6) is 0 Å². The van der Waals surface area contributed by atoms with Gasteiger partial charge < -0.3 is 9.80 Å². The number of nitrogens with zero attached hydrogens (tertiary/aromatic N) is 5. The van der Waals surface area contributed by atoms with Gasteiger partial charge in [-0.3, -0.25) is 9.48 Å². The molecule has 3 heterocycles. The lowest BCUT2D eigenvalue weighted by atomic mass is 10.1. The van der Waals surface area contributed by atoms with Gasteiger partial charge in [0.2, 0.25) is 5.91 Å². The Hall–Kier alpha value is -4.45. The average molecular weight is 474 g/mol. The summed E-state index contributed by atoms with van der Waals surface area (Å²) >= 11 is 0. The zero-order valence-corrected chi connectivity index (χ0v) is 20.0. The van der Waals surface area contributed by atoms with Crippen molar-refractivity contribution in [3.8, 4) is 22.5 Å². The predicted octanol–water partition coefficient (Wildman–Crippen LogP) is 5.11. The third-order valence-corrected chi connectivity index (χ3v) is 6.78. The van der Waals surface area contributed by atoms with Gasteiger partial charge in [0, 0.05) is 43.3 Å². The minimum absolute atomic E-state index is 0.0843. The van der Waals surface area contributed by atoms with E-state index in [1.807, 2.05) is 76.4 Å². The molecule has 0 spiro atoms. The minimum atomic E-state index is 0.0843. The summed E-state index contributed by atoms with van der Waals surface area (Å²) in [5.74, 6) is 1.05. The van der Waals surface area contributed by atoms with Crippen LogP contribution in [0.3, 0.4) is 0 Å². The van der Waals surface area contributed by atoms with Gasteiger partial charge in [-0.15, -0.1) is 0 Å². The first-order valence-corrected chi connectivity index (χ1v) is 12.3. The van der Waals surface area contributed by atoms with E-state index in [2.05, 4.69) is 46.3 Å². The van der Waals surface area contributed by atoms with Gasteiger partial charge in [-0.05, 0) is 23.1 Å². The van der Waals surface area contributed by atoms with Crippen LogP contribution >= 0.6 is 0 Å². The van der Waals surface area contributed by atoms with Crippen molar-refractivity contribution in [3.05, 3.63) is 103 Å². The molecule has 0 N–H and O–H groups in total. The fourth-order valence-electron chi connectivity index (χ4n) is 4.79. The first kappa shape index (κ1) is 22.0. The third kappa shape index (κ3) is 4.45. The Morgan fingerprint density at radius 1 is 0.722 bits per heavy atom. The number of carbonyl (C=O) groups excluding carboxylic acids is 1. The number of amides is 1. The quantitative estimate of drug-likeness (QED) is 0.356. The van der Waals surface area contributed by atoms with E-state index in [-0.39, 0.29) is 12.5 Å². The average Bonchev–Trinajstić information content (AvgIpc) is 3.37. The zero-order valence-electron chi connectivity index (χ0n) is 20.0. The van der Waals surface area contributed by atoms with Crippen LogP contribution in [0, 0.1) is 0 Å². The largest absolute Gasteiger partial charge is 0.353 e. The molecule has 1 aliphatic rings. The van der Waals surface area contributed by atoms with Crippen LogP contribution in [-0.4, -0.2) is 51.8 Å². The lowest BCUT2D eigenvalue weighted by Crippen LogP contribution is -2.50. The Bertz CT molecular complexity index is 1490. The predicted molar refractivity (Wildman–Crippen MR) is 144 cm³/mol. The highest BCUT2D eigenvalue weighted by molar-refractivity contribution is 5.84. The van der Waals surface area contributed by atoms with E-state index < -0.39 is 0 Å². The number of anilines is 1. The summed E-state index contributed by atoms with van der Waals surface area (Å²) < 4.78 is 1.84. The summed E-state index contributed by atoms with van der Waals surface area (Å²) in [6, 6.07) is 32.7. The first-order chi connectivity index (χ1) is 17.7. The molecule has 1 amide bonds. The molecule has 6 rings (SSSR count). The van der Waals surface area contributed by atoms with Crippen molar-refractivity contribution in [3.63, 3.8) is 0 Å². The van der Waals surface area contributed by atoms with Gasteiger partial charge in [-0.2, -0.15) is 5.10 Å². The minimum Gasteiger partial charge on any atom is -0.353 e. The van der Waals surface area contributed by atoms with Gasteiger partial charge in [0.25, 0.3) is 0 Å². The van der Waals surface area contributed by atoms with E-state index >= 15 is 0 Å². The van der Waals surface area contributed by atoms with Crippen molar-refractivity contribution < 1.29 is 4.79 Å². The van der Waals surface area contributed by atoms with Crippen molar-refractivity contribution in [1.29, 1.82) is 0 Å². The Labute approximate surface area is 210 Å². The van der Waals surface area contributed by atoms with Gasteiger partial charge in [0.05, 0.1) is 11.4 Å². The lowest BCUT2D eigenvalue weighted by molar-refractivity contribution is -0.132.